The zero-order chi connectivity index (χ0) is 28.2. The molecule has 1 atom stereocenters. The molecule has 5 aromatic rings. The van der Waals surface area contributed by atoms with Crippen LogP contribution >= 0.6 is 11.3 Å². The molecule has 198 valence electrons. The summed E-state index contributed by atoms with van der Waals surface area (Å²) in [6, 6.07) is 9.28. The minimum Gasteiger partial charge on any atom is -0.480 e. The lowest BCUT2D eigenvalue weighted by atomic mass is 10.1. The number of fused-ring (bicyclic) bond motifs is 2. The Bertz CT molecular complexity index is 1830. The lowest BCUT2D eigenvalue weighted by Gasteiger charge is -2.14. The summed E-state index contributed by atoms with van der Waals surface area (Å²) in [5.74, 6) is -0.717. The van der Waals surface area contributed by atoms with E-state index in [0.29, 0.717) is 49.2 Å². The summed E-state index contributed by atoms with van der Waals surface area (Å²) >= 11 is 1.17. The normalized spacial score (nSPS) is 11.4. The highest BCUT2D eigenvalue weighted by atomic mass is 32.1. The molecule has 0 radical (unpaired) electrons. The second-order valence-corrected chi connectivity index (χ2v) is 9.18. The lowest BCUT2D eigenvalue weighted by Crippen LogP contribution is -2.25. The largest absolute Gasteiger partial charge is 0.480 e. The number of carbonyl (C=O) groups excluding carboxylic acids is 1. The summed E-state index contributed by atoms with van der Waals surface area (Å²) in [5.41, 5.74) is 2.70. The molecule has 14 heteroatoms. The number of hydrogen-bond acceptors (Lipinski definition) is 11. The highest BCUT2D eigenvalue weighted by Gasteiger charge is 2.18. The second kappa shape index (κ2) is 11.1. The maximum atomic E-state index is 14.8. The third-order valence-corrected chi connectivity index (χ3v) is 6.37. The molecule has 0 aliphatic rings. The number of benzene rings is 1. The first-order valence-corrected chi connectivity index (χ1v) is 12.3. The molecule has 4 aromatic heterocycles. The molecule has 0 saturated heterocycles. The number of ether oxygens (including phenoxy) is 3. The summed E-state index contributed by atoms with van der Waals surface area (Å²) in [4.78, 5) is 37.4. The van der Waals surface area contributed by atoms with E-state index in [1.165, 1.54) is 49.0 Å². The van der Waals surface area contributed by atoms with Crippen molar-refractivity contribution in [2.24, 2.45) is 0 Å². The highest BCUT2D eigenvalue weighted by molar-refractivity contribution is 7.21. The summed E-state index contributed by atoms with van der Waals surface area (Å²) in [6.07, 6.45) is 1.26. The Labute approximate surface area is 229 Å². The maximum Gasteiger partial charge on any atom is 0.412 e. The van der Waals surface area contributed by atoms with E-state index in [4.69, 9.17) is 26.0 Å². The Morgan fingerprint density at radius 3 is 2.77 bits per heavy atom. The van der Waals surface area contributed by atoms with Gasteiger partial charge in [-0.2, -0.15) is 10.2 Å². The molecule has 0 saturated carbocycles. The number of nitrogens with one attached hydrogen (secondary N) is 1. The van der Waals surface area contributed by atoms with Gasteiger partial charge in [0.15, 0.2) is 11.5 Å². The van der Waals surface area contributed by atoms with Crippen molar-refractivity contribution in [3.05, 3.63) is 65.7 Å². The van der Waals surface area contributed by atoms with Crippen LogP contribution in [0.1, 0.15) is 12.6 Å². The molecule has 5 rings (SSSR count). The summed E-state index contributed by atoms with van der Waals surface area (Å²) in [6.45, 7) is 8.84. The van der Waals surface area contributed by atoms with E-state index in [1.807, 2.05) is 6.07 Å². The summed E-state index contributed by atoms with van der Waals surface area (Å²) < 4.78 is 30.7. The fraction of sp³-hybridized carbons (Fsp3) is 0.154. The first kappa shape index (κ1) is 26.1. The number of pyridine rings is 2. The van der Waals surface area contributed by atoms with E-state index < -0.39 is 18.0 Å². The van der Waals surface area contributed by atoms with Gasteiger partial charge in [0, 0.05) is 11.6 Å². The standard InChI is InChI=1S/C26H17FN8O4S/c1-13(39-26(36)32-15-5-4-14(9-28)30-10-15)12-38-23-18(27)8-20-25(35-23)40-24(34-20)17-6-16(29-2)7-19-22(17)31-11-21(33-19)37-3/h4-8,10-11,13H,12H2,1,3H3,(H,32,36)/t13-/m1/s1. The maximum absolute atomic E-state index is 14.8. The van der Waals surface area contributed by atoms with E-state index in [0.717, 1.165) is 0 Å². The number of aromatic nitrogens is 5. The van der Waals surface area contributed by atoms with Gasteiger partial charge in [-0.25, -0.2) is 34.0 Å². The van der Waals surface area contributed by atoms with Gasteiger partial charge in [0.25, 0.3) is 5.88 Å². The van der Waals surface area contributed by atoms with Gasteiger partial charge >= 0.3 is 6.09 Å². The van der Waals surface area contributed by atoms with E-state index in [9.17, 15) is 9.18 Å². The van der Waals surface area contributed by atoms with Crippen LogP contribution in [-0.2, 0) is 4.74 Å². The van der Waals surface area contributed by atoms with Crippen molar-refractivity contribution in [3.8, 4) is 28.4 Å². The Morgan fingerprint density at radius 1 is 1.20 bits per heavy atom. The lowest BCUT2D eigenvalue weighted by molar-refractivity contribution is 0.0827. The zero-order valence-electron chi connectivity index (χ0n) is 20.9. The molecule has 0 aliphatic carbocycles. The van der Waals surface area contributed by atoms with Crippen LogP contribution in [0.15, 0.2) is 42.7 Å². The van der Waals surface area contributed by atoms with Crippen LogP contribution in [0, 0.1) is 23.7 Å². The van der Waals surface area contributed by atoms with Crippen molar-refractivity contribution < 1.29 is 23.4 Å². The second-order valence-electron chi connectivity index (χ2n) is 8.20. The number of halogens is 1. The SMILES string of the molecule is [C-]#[N+]c1cc(-c2nc3cc(F)c(OC[C@@H](C)OC(=O)Nc4ccc(C#N)nc4)nc3s2)c2ncc(OC)nc2c1. The topological polar surface area (TPSA) is 149 Å². The number of carbonyl (C=O) groups is 1. The van der Waals surface area contributed by atoms with Gasteiger partial charge in [-0.05, 0) is 31.2 Å². The predicted octanol–water partition coefficient (Wildman–Crippen LogP) is 5.28. The molecule has 1 aromatic carbocycles. The van der Waals surface area contributed by atoms with Gasteiger partial charge in [-0.1, -0.05) is 11.3 Å². The van der Waals surface area contributed by atoms with E-state index >= 15 is 0 Å². The molecular weight excluding hydrogens is 539 g/mol. The van der Waals surface area contributed by atoms with E-state index in [2.05, 4.69) is 35.1 Å². The van der Waals surface area contributed by atoms with Crippen LogP contribution in [0.4, 0.5) is 20.6 Å². The minimum atomic E-state index is -0.770. The van der Waals surface area contributed by atoms with Crippen LogP contribution in [0.2, 0.25) is 0 Å². The molecule has 1 amide bonds. The van der Waals surface area contributed by atoms with Gasteiger partial charge < -0.3 is 14.2 Å². The highest BCUT2D eigenvalue weighted by Crippen LogP contribution is 2.37. The van der Waals surface area contributed by atoms with Crippen molar-refractivity contribution in [3.63, 3.8) is 0 Å². The van der Waals surface area contributed by atoms with Crippen molar-refractivity contribution in [2.75, 3.05) is 19.0 Å². The first-order chi connectivity index (χ1) is 19.4. The van der Waals surface area contributed by atoms with Crippen LogP contribution in [0.3, 0.4) is 0 Å². The first-order valence-electron chi connectivity index (χ1n) is 11.5. The van der Waals surface area contributed by atoms with Gasteiger partial charge in [0.2, 0.25) is 5.88 Å². The Kier molecular flexibility index (Phi) is 7.26. The number of rotatable bonds is 7. The Balaban J connectivity index is 1.32. The smallest absolute Gasteiger partial charge is 0.412 e. The number of amides is 1. The van der Waals surface area contributed by atoms with Crippen molar-refractivity contribution in [1.29, 1.82) is 5.26 Å². The fourth-order valence-corrected chi connectivity index (χ4v) is 4.49. The molecule has 4 heterocycles. The molecule has 0 bridgehead atoms. The zero-order valence-corrected chi connectivity index (χ0v) is 21.7. The van der Waals surface area contributed by atoms with Crippen molar-refractivity contribution >= 4 is 50.2 Å². The Hall–Kier alpha value is -5.47. The average molecular weight is 557 g/mol. The molecule has 1 N–H and O–H groups in total. The number of thiazole rings is 1. The molecule has 0 unspecified atom stereocenters. The van der Waals surface area contributed by atoms with Crippen LogP contribution in [0.25, 0.3) is 36.8 Å². The van der Waals surface area contributed by atoms with Crippen LogP contribution in [0.5, 0.6) is 11.8 Å². The molecule has 0 fully saturated rings. The van der Waals surface area contributed by atoms with Crippen molar-refractivity contribution in [1.82, 2.24) is 24.9 Å². The van der Waals surface area contributed by atoms with Crippen LogP contribution < -0.4 is 14.8 Å². The predicted molar refractivity (Wildman–Crippen MR) is 143 cm³/mol. The van der Waals surface area contributed by atoms with E-state index in [-0.39, 0.29) is 18.2 Å². The van der Waals surface area contributed by atoms with Crippen molar-refractivity contribution in [2.45, 2.75) is 13.0 Å². The minimum absolute atomic E-state index is 0.171. The van der Waals surface area contributed by atoms with Crippen LogP contribution in [-0.4, -0.2) is 50.8 Å². The quantitative estimate of drug-likeness (QED) is 0.262. The molecule has 0 aliphatic heterocycles. The number of nitrogens with zero attached hydrogens (tertiary/aromatic N) is 7. The summed E-state index contributed by atoms with van der Waals surface area (Å²) in [5, 5.41) is 11.8. The average Bonchev–Trinajstić information content (AvgIpc) is 3.37. The number of methoxy groups -OCH3 is 1. The number of hydrogen-bond donors (Lipinski definition) is 1. The third kappa shape index (κ3) is 5.52. The molecule has 40 heavy (non-hydrogen) atoms. The van der Waals surface area contributed by atoms with Gasteiger partial charge in [0.05, 0.1) is 42.8 Å². The van der Waals surface area contributed by atoms with Gasteiger partial charge in [-0.3, -0.25) is 5.32 Å². The third-order valence-electron chi connectivity index (χ3n) is 5.37. The molecular formula is C26H17FN8O4S. The molecule has 12 nitrogen and oxygen atoms in total. The van der Waals surface area contributed by atoms with E-state index in [1.54, 1.807) is 19.1 Å². The van der Waals surface area contributed by atoms with Gasteiger partial charge in [0.1, 0.15) is 39.8 Å². The number of nitriles is 1. The molecule has 0 spiro atoms. The number of anilines is 1. The Morgan fingerprint density at radius 2 is 2.05 bits per heavy atom. The van der Waals surface area contributed by atoms with Gasteiger partial charge in [-0.15, -0.1) is 0 Å². The fourth-order valence-electron chi connectivity index (χ4n) is 3.55. The monoisotopic (exact) mass is 556 g/mol. The summed E-state index contributed by atoms with van der Waals surface area (Å²) in [7, 11) is 1.47.